The number of benzene rings is 2. The Bertz CT molecular complexity index is 1330. The van der Waals surface area contributed by atoms with Crippen molar-refractivity contribution in [1.82, 2.24) is 10.6 Å². The largest absolute Gasteiger partial charge is 0.508 e. The molecule has 252 valence electrons. The lowest BCUT2D eigenvalue weighted by molar-refractivity contribution is -0.165. The molecule has 2 aromatic carbocycles. The summed E-state index contributed by atoms with van der Waals surface area (Å²) in [5.74, 6) is -0.903. The summed E-state index contributed by atoms with van der Waals surface area (Å²) in [6.07, 6.45) is 3.57. The van der Waals surface area contributed by atoms with Crippen molar-refractivity contribution in [3.05, 3.63) is 64.7 Å². The zero-order valence-electron chi connectivity index (χ0n) is 26.0. The zero-order chi connectivity index (χ0) is 33.6. The van der Waals surface area contributed by atoms with Crippen LogP contribution in [0.1, 0.15) is 73.8 Å². The number of carboxylic acids is 2. The highest BCUT2D eigenvalue weighted by Gasteiger charge is 2.51. The Hall–Kier alpha value is -3.55. The minimum atomic E-state index is -2.27. The van der Waals surface area contributed by atoms with Crippen LogP contribution >= 0.6 is 0 Å². The van der Waals surface area contributed by atoms with Crippen LogP contribution in [0, 0.1) is 17.8 Å². The van der Waals surface area contributed by atoms with Crippen LogP contribution in [0.3, 0.4) is 0 Å². The fraction of sp³-hybridized carbons (Fsp3) is 0.559. The first kappa shape index (κ1) is 35.3. The number of aliphatic hydroxyl groups is 4. The molecule has 0 aliphatic heterocycles. The van der Waals surface area contributed by atoms with E-state index in [1.165, 1.54) is 44.6 Å². The molecule has 0 saturated heterocycles. The predicted molar refractivity (Wildman–Crippen MR) is 167 cm³/mol. The van der Waals surface area contributed by atoms with Gasteiger partial charge in [-0.1, -0.05) is 30.3 Å². The molecule has 6 rings (SSSR count). The molecular weight excluding hydrogens is 596 g/mol. The molecule has 4 fully saturated rings. The first-order valence-corrected chi connectivity index (χ1v) is 15.8. The maximum atomic E-state index is 13.0. The van der Waals surface area contributed by atoms with E-state index >= 15 is 0 Å². The summed E-state index contributed by atoms with van der Waals surface area (Å²) >= 11 is 0. The highest BCUT2D eigenvalue weighted by atomic mass is 16.4. The van der Waals surface area contributed by atoms with Crippen LogP contribution < -0.4 is 10.6 Å². The van der Waals surface area contributed by atoms with E-state index in [1.807, 2.05) is 12.1 Å². The van der Waals surface area contributed by atoms with Crippen LogP contribution in [0.25, 0.3) is 0 Å². The Labute approximate surface area is 268 Å². The summed E-state index contributed by atoms with van der Waals surface area (Å²) < 4.78 is 0. The van der Waals surface area contributed by atoms with Crippen molar-refractivity contribution in [3.63, 3.8) is 0 Å². The lowest BCUT2D eigenvalue weighted by Gasteiger charge is -2.56. The number of hydrogen-bond acceptors (Lipinski definition) is 9. The van der Waals surface area contributed by atoms with E-state index in [0.717, 1.165) is 35.3 Å². The molecule has 4 atom stereocenters. The average molecular weight is 643 g/mol. The lowest BCUT2D eigenvalue weighted by atomic mass is 9.53. The van der Waals surface area contributed by atoms with Gasteiger partial charge in [-0.15, -0.1) is 0 Å². The van der Waals surface area contributed by atoms with Gasteiger partial charge in [0, 0.05) is 23.7 Å². The number of amides is 1. The summed E-state index contributed by atoms with van der Waals surface area (Å²) in [7, 11) is 0. The van der Waals surface area contributed by atoms with Gasteiger partial charge in [-0.3, -0.25) is 4.79 Å². The summed E-state index contributed by atoms with van der Waals surface area (Å²) in [5.41, 5.74) is 3.32. The molecule has 4 saturated carbocycles. The van der Waals surface area contributed by atoms with E-state index in [-0.39, 0.29) is 29.8 Å². The van der Waals surface area contributed by atoms with E-state index in [0.29, 0.717) is 24.1 Å². The van der Waals surface area contributed by atoms with E-state index in [9.17, 15) is 29.7 Å². The second-order valence-corrected chi connectivity index (χ2v) is 13.4. The number of rotatable bonds is 13. The van der Waals surface area contributed by atoms with Gasteiger partial charge in [0.1, 0.15) is 5.75 Å². The molecular formula is C34H46N2O10. The summed E-state index contributed by atoms with van der Waals surface area (Å²) in [6.45, 7) is 2.17. The van der Waals surface area contributed by atoms with E-state index in [1.54, 1.807) is 12.1 Å². The number of aliphatic hydroxyl groups excluding tert-OH is 4. The number of carbonyl (C=O) groups excluding carboxylic acids is 1. The van der Waals surface area contributed by atoms with Crippen LogP contribution in [-0.4, -0.2) is 83.9 Å². The fourth-order valence-electron chi connectivity index (χ4n) is 7.72. The third-order valence-corrected chi connectivity index (χ3v) is 9.46. The molecule has 12 nitrogen and oxygen atoms in total. The van der Waals surface area contributed by atoms with Crippen molar-refractivity contribution in [3.8, 4) is 5.75 Å². The minimum absolute atomic E-state index is 0.0290. The second kappa shape index (κ2) is 15.4. The number of carboxylic acid groups (broad SMARTS) is 2. The summed E-state index contributed by atoms with van der Waals surface area (Å²) in [6, 6.07) is 13.2. The standard InChI is InChI=1S/C30H40N2O4.C4H6O6/c1-19(31-17-28(35)25-5-6-27(34)26(13-25)18-33)7-20-3-2-4-21(8-20)12-29(36)32-30-14-22-9-23(15-30)11-24(10-22)16-30;5-1(3(7)8)2(6)4(9)10/h2-6,8,13,19,22-24,28,31,33-35H,7,9-12,14-18H2,1H3,(H,32,36);1-2,5-6H,(H,7,8)(H,9,10)/t19-,22?,23?,24?,28+,30?;1-,2-/m11/s1. The number of nitrogens with one attached hydrogen (secondary N) is 2. The van der Waals surface area contributed by atoms with Gasteiger partial charge in [-0.25, -0.2) is 9.59 Å². The lowest BCUT2D eigenvalue weighted by Crippen LogP contribution is -2.60. The topological polar surface area (TPSA) is 217 Å². The van der Waals surface area contributed by atoms with Crippen molar-refractivity contribution >= 4 is 17.8 Å². The molecule has 4 aliphatic rings. The zero-order valence-corrected chi connectivity index (χ0v) is 26.0. The predicted octanol–water partition coefficient (Wildman–Crippen LogP) is 1.64. The first-order chi connectivity index (χ1) is 21.8. The van der Waals surface area contributed by atoms with E-state index < -0.39 is 30.3 Å². The molecule has 0 spiro atoms. The molecule has 9 N–H and O–H groups in total. The quantitative estimate of drug-likeness (QED) is 0.153. The third-order valence-electron chi connectivity index (χ3n) is 9.46. The monoisotopic (exact) mass is 642 g/mol. The Balaban J connectivity index is 0.000000416. The van der Waals surface area contributed by atoms with E-state index in [2.05, 4.69) is 29.7 Å². The van der Waals surface area contributed by atoms with Crippen LogP contribution in [0.15, 0.2) is 42.5 Å². The molecule has 0 heterocycles. The first-order valence-electron chi connectivity index (χ1n) is 15.8. The van der Waals surface area contributed by atoms with Crippen molar-refractivity contribution in [2.24, 2.45) is 17.8 Å². The second-order valence-electron chi connectivity index (χ2n) is 13.4. The van der Waals surface area contributed by atoms with Gasteiger partial charge in [0.2, 0.25) is 5.91 Å². The van der Waals surface area contributed by atoms with Crippen LogP contribution in [0.2, 0.25) is 0 Å². The van der Waals surface area contributed by atoms with Gasteiger partial charge in [0.15, 0.2) is 12.2 Å². The maximum Gasteiger partial charge on any atom is 0.335 e. The van der Waals surface area contributed by atoms with Gasteiger partial charge in [0.05, 0.1) is 19.1 Å². The number of aromatic hydroxyl groups is 1. The molecule has 4 bridgehead atoms. The molecule has 1 amide bonds. The Kier molecular flexibility index (Phi) is 11.8. The molecule has 12 heteroatoms. The molecule has 0 radical (unpaired) electrons. The molecule has 0 unspecified atom stereocenters. The molecule has 0 aromatic heterocycles. The Morgan fingerprint density at radius 3 is 1.98 bits per heavy atom. The summed E-state index contributed by atoms with van der Waals surface area (Å²) in [5, 5.41) is 69.0. The Morgan fingerprint density at radius 2 is 1.43 bits per heavy atom. The SMILES string of the molecule is C[C@H](Cc1cccc(CC(=O)NC23CC4CC(CC(C4)C2)C3)c1)NC[C@H](O)c1ccc(O)c(CO)c1.O=C(O)[C@H](O)[C@@H](O)C(=O)O. The maximum absolute atomic E-state index is 13.0. The average Bonchev–Trinajstić information content (AvgIpc) is 2.98. The van der Waals surface area contributed by atoms with Gasteiger partial charge in [0.25, 0.3) is 0 Å². The van der Waals surface area contributed by atoms with Crippen molar-refractivity contribution < 1.29 is 50.1 Å². The van der Waals surface area contributed by atoms with Crippen molar-refractivity contribution in [2.45, 2.75) is 94.8 Å². The molecule has 4 aliphatic carbocycles. The van der Waals surface area contributed by atoms with Crippen LogP contribution in [0.4, 0.5) is 0 Å². The van der Waals surface area contributed by atoms with Crippen molar-refractivity contribution in [1.29, 1.82) is 0 Å². The van der Waals surface area contributed by atoms with Gasteiger partial charge >= 0.3 is 11.9 Å². The number of phenols is 1. The smallest absolute Gasteiger partial charge is 0.335 e. The normalized spacial score (nSPS) is 25.5. The van der Waals surface area contributed by atoms with Gasteiger partial charge in [-0.2, -0.15) is 0 Å². The third kappa shape index (κ3) is 9.26. The fourth-order valence-corrected chi connectivity index (χ4v) is 7.72. The van der Waals surface area contributed by atoms with Crippen molar-refractivity contribution in [2.75, 3.05) is 6.54 Å². The van der Waals surface area contributed by atoms with E-state index in [4.69, 9.17) is 20.4 Å². The Morgan fingerprint density at radius 1 is 0.870 bits per heavy atom. The van der Waals surface area contributed by atoms with Gasteiger partial charge < -0.3 is 46.4 Å². The van der Waals surface area contributed by atoms with Crippen LogP contribution in [0.5, 0.6) is 5.75 Å². The number of carbonyl (C=O) groups is 3. The highest BCUT2D eigenvalue weighted by Crippen LogP contribution is 2.55. The molecule has 2 aromatic rings. The van der Waals surface area contributed by atoms with Gasteiger partial charge in [-0.05, 0) is 98.4 Å². The summed E-state index contributed by atoms with van der Waals surface area (Å²) in [4.78, 5) is 32.6. The van der Waals surface area contributed by atoms with Crippen LogP contribution in [-0.2, 0) is 33.8 Å². The minimum Gasteiger partial charge on any atom is -0.508 e. The molecule has 46 heavy (non-hydrogen) atoms. The number of hydrogen-bond donors (Lipinski definition) is 9. The highest BCUT2D eigenvalue weighted by molar-refractivity contribution is 5.83. The number of aliphatic carboxylic acids is 2.